The van der Waals surface area contributed by atoms with Gasteiger partial charge in [0.1, 0.15) is 0 Å². The van der Waals surface area contributed by atoms with Crippen molar-refractivity contribution in [3.05, 3.63) is 36.4 Å². The van der Waals surface area contributed by atoms with Gasteiger partial charge in [-0.15, -0.1) is 0 Å². The van der Waals surface area contributed by atoms with Crippen molar-refractivity contribution in [1.29, 1.82) is 0 Å². The summed E-state index contributed by atoms with van der Waals surface area (Å²) in [4.78, 5) is 0. The van der Waals surface area contributed by atoms with Crippen molar-refractivity contribution < 1.29 is 34.0 Å². The summed E-state index contributed by atoms with van der Waals surface area (Å²) < 4.78 is 34.1. The minimum Gasteiger partial charge on any atom is -0.759 e. The van der Waals surface area contributed by atoms with Gasteiger partial charge in [0.25, 0.3) is 0 Å². The van der Waals surface area contributed by atoms with Gasteiger partial charge in [-0.2, -0.15) is 0 Å². The third-order valence-electron chi connectivity index (χ3n) is 0.667. The molecule has 0 saturated heterocycles. The van der Waals surface area contributed by atoms with Crippen LogP contribution in [0.15, 0.2) is 36.4 Å². The Kier molecular flexibility index (Phi) is 8.53. The SMILES string of the molecule is O=S(=O)([O-])[O-].[Ni+2].c1ccccc1. The molecule has 0 unspecified atom stereocenters. The minimum absolute atomic E-state index is 0. The second kappa shape index (κ2) is 7.24. The van der Waals surface area contributed by atoms with E-state index >= 15 is 0 Å². The Morgan fingerprint density at radius 1 is 0.750 bits per heavy atom. The van der Waals surface area contributed by atoms with E-state index in [0.717, 1.165) is 0 Å². The van der Waals surface area contributed by atoms with Gasteiger partial charge in [0.15, 0.2) is 0 Å². The largest absolute Gasteiger partial charge is 2.00 e. The van der Waals surface area contributed by atoms with Gasteiger partial charge in [-0.05, 0) is 0 Å². The van der Waals surface area contributed by atoms with Gasteiger partial charge in [-0.3, -0.25) is 8.42 Å². The summed E-state index contributed by atoms with van der Waals surface area (Å²) in [7, 11) is -5.17. The van der Waals surface area contributed by atoms with Crippen molar-refractivity contribution in [3.63, 3.8) is 0 Å². The number of hydrogen-bond donors (Lipinski definition) is 0. The van der Waals surface area contributed by atoms with E-state index in [1.54, 1.807) is 0 Å². The first-order valence-corrected chi connectivity index (χ1v) is 4.00. The Labute approximate surface area is 81.1 Å². The van der Waals surface area contributed by atoms with Crippen LogP contribution in [0.4, 0.5) is 0 Å². The van der Waals surface area contributed by atoms with Crippen LogP contribution in [0.1, 0.15) is 0 Å². The topological polar surface area (TPSA) is 80.3 Å². The standard InChI is InChI=1S/C6H6.Ni.H2O4S/c1-2-4-6-5-3-1;;1-5(2,3)4/h1-6H;;(H2,1,2,3,4)/q;+2;/p-2. The number of benzene rings is 1. The van der Waals surface area contributed by atoms with Crippen LogP contribution in [-0.4, -0.2) is 17.5 Å². The van der Waals surface area contributed by atoms with Crippen LogP contribution >= 0.6 is 0 Å². The van der Waals surface area contributed by atoms with Crippen molar-refractivity contribution in [2.24, 2.45) is 0 Å². The summed E-state index contributed by atoms with van der Waals surface area (Å²) in [5.41, 5.74) is 0. The molecule has 0 spiro atoms. The Morgan fingerprint density at radius 2 is 0.833 bits per heavy atom. The summed E-state index contributed by atoms with van der Waals surface area (Å²) >= 11 is 0. The Hall–Kier alpha value is -0.416. The molecule has 0 aliphatic rings. The molecule has 1 aromatic rings. The average Bonchev–Trinajstić information content (AvgIpc) is 1.88. The second-order valence-corrected chi connectivity index (χ2v) is 2.38. The number of hydrogen-bond acceptors (Lipinski definition) is 4. The van der Waals surface area contributed by atoms with Crippen LogP contribution < -0.4 is 0 Å². The second-order valence-electron chi connectivity index (χ2n) is 1.56. The van der Waals surface area contributed by atoms with Crippen LogP contribution in [-0.2, 0) is 26.9 Å². The van der Waals surface area contributed by atoms with Gasteiger partial charge in [0.2, 0.25) is 0 Å². The molecule has 6 heteroatoms. The molecule has 0 N–H and O–H groups in total. The van der Waals surface area contributed by atoms with E-state index in [9.17, 15) is 0 Å². The Morgan fingerprint density at radius 3 is 0.917 bits per heavy atom. The van der Waals surface area contributed by atoms with E-state index in [2.05, 4.69) is 0 Å². The first-order chi connectivity index (χ1) is 5.00. The monoisotopic (exact) mass is 232 g/mol. The summed E-state index contributed by atoms with van der Waals surface area (Å²) in [5.74, 6) is 0. The smallest absolute Gasteiger partial charge is 0.759 e. The van der Waals surface area contributed by atoms with Crippen molar-refractivity contribution in [1.82, 2.24) is 0 Å². The van der Waals surface area contributed by atoms with Gasteiger partial charge in [-0.1, -0.05) is 36.4 Å². The van der Waals surface area contributed by atoms with Crippen LogP contribution in [0.3, 0.4) is 0 Å². The minimum atomic E-state index is -5.17. The van der Waals surface area contributed by atoms with Gasteiger partial charge in [-0.25, -0.2) is 0 Å². The predicted octanol–water partition coefficient (Wildman–Crippen LogP) is 0.346. The molecular weight excluding hydrogens is 227 g/mol. The maximum atomic E-state index is 8.52. The maximum Gasteiger partial charge on any atom is 2.00 e. The summed E-state index contributed by atoms with van der Waals surface area (Å²) in [6.07, 6.45) is 0. The molecule has 0 amide bonds. The summed E-state index contributed by atoms with van der Waals surface area (Å²) in [5, 5.41) is 0. The molecule has 0 fully saturated rings. The molecule has 12 heavy (non-hydrogen) atoms. The molecule has 0 aliphatic carbocycles. The van der Waals surface area contributed by atoms with Crippen molar-refractivity contribution in [3.8, 4) is 0 Å². The molecule has 1 aromatic carbocycles. The maximum absolute atomic E-state index is 8.52. The summed E-state index contributed by atoms with van der Waals surface area (Å²) in [6, 6.07) is 12.0. The fourth-order valence-electron chi connectivity index (χ4n) is 0.385. The fraction of sp³-hybridized carbons (Fsp3) is 0. The Bertz CT molecular complexity index is 236. The number of rotatable bonds is 0. The predicted molar refractivity (Wildman–Crippen MR) is 36.9 cm³/mol. The quantitative estimate of drug-likeness (QED) is 0.367. The molecule has 70 valence electrons. The molecule has 0 radical (unpaired) electrons. The van der Waals surface area contributed by atoms with Crippen molar-refractivity contribution in [2.45, 2.75) is 0 Å². The summed E-state index contributed by atoms with van der Waals surface area (Å²) in [6.45, 7) is 0. The van der Waals surface area contributed by atoms with E-state index in [0.29, 0.717) is 0 Å². The third kappa shape index (κ3) is 22.6. The molecule has 0 aliphatic heterocycles. The van der Waals surface area contributed by atoms with Gasteiger partial charge >= 0.3 is 16.5 Å². The first kappa shape index (κ1) is 14.1. The zero-order chi connectivity index (χ0) is 8.74. The van der Waals surface area contributed by atoms with Gasteiger partial charge < -0.3 is 9.11 Å². The van der Waals surface area contributed by atoms with Crippen LogP contribution in [0.25, 0.3) is 0 Å². The van der Waals surface area contributed by atoms with Crippen molar-refractivity contribution >= 4 is 10.4 Å². The third-order valence-corrected chi connectivity index (χ3v) is 0.667. The van der Waals surface area contributed by atoms with E-state index in [1.165, 1.54) is 0 Å². The van der Waals surface area contributed by atoms with Gasteiger partial charge in [0.05, 0.1) is 0 Å². The van der Waals surface area contributed by atoms with Crippen molar-refractivity contribution in [2.75, 3.05) is 0 Å². The normalized spacial score (nSPS) is 8.83. The molecule has 0 heterocycles. The van der Waals surface area contributed by atoms with E-state index in [4.69, 9.17) is 17.5 Å². The van der Waals surface area contributed by atoms with Crippen LogP contribution in [0.5, 0.6) is 0 Å². The van der Waals surface area contributed by atoms with E-state index in [-0.39, 0.29) is 16.5 Å². The Balaban J connectivity index is 0. The molecule has 1 rings (SSSR count). The molecule has 0 bridgehead atoms. The first-order valence-electron chi connectivity index (χ1n) is 2.67. The van der Waals surface area contributed by atoms with E-state index < -0.39 is 10.4 Å². The molecule has 0 saturated carbocycles. The average molecular weight is 233 g/mol. The van der Waals surface area contributed by atoms with E-state index in [1.807, 2.05) is 36.4 Å². The zero-order valence-electron chi connectivity index (χ0n) is 5.82. The van der Waals surface area contributed by atoms with Crippen LogP contribution in [0, 0.1) is 0 Å². The molecule has 4 nitrogen and oxygen atoms in total. The molecular formula is C6H6NiO4S. The molecule has 0 atom stereocenters. The van der Waals surface area contributed by atoms with Gasteiger partial charge in [0, 0.05) is 10.4 Å². The fourth-order valence-corrected chi connectivity index (χ4v) is 0.385. The van der Waals surface area contributed by atoms with Crippen LogP contribution in [0.2, 0.25) is 0 Å². The zero-order valence-corrected chi connectivity index (χ0v) is 7.63. The molecule has 0 aromatic heterocycles.